The van der Waals surface area contributed by atoms with E-state index < -0.39 is 37.1 Å². The minimum absolute atomic E-state index is 0.115. The molecule has 1 saturated carbocycles. The number of halogens is 2. The van der Waals surface area contributed by atoms with E-state index in [1.54, 1.807) is 48.2 Å². The molecule has 2 aromatic rings. The van der Waals surface area contributed by atoms with Gasteiger partial charge in [-0.05, 0) is 78.2 Å². The monoisotopic (exact) mass is 673 g/mol. The summed E-state index contributed by atoms with van der Waals surface area (Å²) in [5.41, 5.74) is 5.03. The Balaban J connectivity index is 1.64. The molecule has 1 N–H and O–H groups in total. The standard InChI is InChI=1S/C40H49ClFNO3Si/c1-26(2)39-35(10-9-11-37(39)42)38(45)43(40(39,33-18-20-34(41)21-19-33)46-36(25-44)32-16-17-32)24-31-14-12-30(13-15-31)22-23-47(27(3)4,28(5)6)29(7)8/h9-15,18-21,27-29,32,35-36,44H,1,16-17,24-25H2,2-8H3. The normalized spacial score (nSPS) is 24.8. The number of benzene rings is 2. The minimum Gasteiger partial charge on any atom is -0.394 e. The molecular weight excluding hydrogens is 625 g/mol. The predicted molar refractivity (Wildman–Crippen MR) is 192 cm³/mol. The molecular formula is C40H49ClFNO3Si. The Morgan fingerprint density at radius 3 is 2.17 bits per heavy atom. The van der Waals surface area contributed by atoms with Crippen molar-refractivity contribution in [3.05, 3.63) is 106 Å². The molecule has 1 amide bonds. The third-order valence-corrected chi connectivity index (χ3v) is 17.5. The van der Waals surface area contributed by atoms with E-state index in [0.717, 1.165) is 24.0 Å². The average molecular weight is 674 g/mol. The molecule has 2 aromatic carbocycles. The fourth-order valence-corrected chi connectivity index (χ4v) is 13.9. The molecule has 4 unspecified atom stereocenters. The zero-order chi connectivity index (χ0) is 34.3. The van der Waals surface area contributed by atoms with Gasteiger partial charge in [-0.1, -0.05) is 108 Å². The minimum atomic E-state index is -1.91. The Kier molecular flexibility index (Phi) is 10.2. The number of ether oxygens (including phenoxy) is 1. The number of allylic oxidation sites excluding steroid dienone is 2. The number of amides is 1. The SMILES string of the molecule is C=C(C)C12C(F)=CC=CC1C(=O)N(Cc1ccc(C#C[Si](C(C)C)(C(C)C)C(C)C)cc1)C2(OC(CO)C1CC1)c1ccc(Cl)cc1. The number of hydrogen-bond acceptors (Lipinski definition) is 3. The summed E-state index contributed by atoms with van der Waals surface area (Å²) in [6.07, 6.45) is 5.96. The highest BCUT2D eigenvalue weighted by Gasteiger charge is 2.73. The van der Waals surface area contributed by atoms with E-state index in [0.29, 0.717) is 32.8 Å². The number of hydrogen-bond donors (Lipinski definition) is 1. The van der Waals surface area contributed by atoms with Gasteiger partial charge >= 0.3 is 0 Å². The van der Waals surface area contributed by atoms with Crippen molar-refractivity contribution in [3.8, 4) is 11.5 Å². The molecule has 3 aliphatic rings. The molecule has 1 aliphatic heterocycles. The molecule has 4 nitrogen and oxygen atoms in total. The first-order valence-electron chi connectivity index (χ1n) is 17.0. The molecule has 1 heterocycles. The second-order valence-electron chi connectivity index (χ2n) is 14.6. The quantitative estimate of drug-likeness (QED) is 0.147. The summed E-state index contributed by atoms with van der Waals surface area (Å²) in [6.45, 7) is 19.8. The smallest absolute Gasteiger partial charge is 0.233 e. The van der Waals surface area contributed by atoms with Crippen LogP contribution in [-0.4, -0.2) is 36.7 Å². The van der Waals surface area contributed by atoms with Crippen LogP contribution in [0.5, 0.6) is 0 Å². The van der Waals surface area contributed by atoms with Gasteiger partial charge in [0.05, 0.1) is 18.6 Å². The Labute approximate surface area is 286 Å². The maximum absolute atomic E-state index is 16.8. The van der Waals surface area contributed by atoms with Gasteiger partial charge in [0.2, 0.25) is 5.91 Å². The van der Waals surface area contributed by atoms with Gasteiger partial charge < -0.3 is 14.7 Å². The van der Waals surface area contributed by atoms with Gasteiger partial charge in [0.25, 0.3) is 0 Å². The predicted octanol–water partition coefficient (Wildman–Crippen LogP) is 9.49. The van der Waals surface area contributed by atoms with Crippen LogP contribution >= 0.6 is 11.6 Å². The van der Waals surface area contributed by atoms with Crippen LogP contribution in [0.25, 0.3) is 0 Å². The van der Waals surface area contributed by atoms with Crippen molar-refractivity contribution >= 4 is 25.6 Å². The van der Waals surface area contributed by atoms with Crippen LogP contribution in [0.1, 0.15) is 78.0 Å². The summed E-state index contributed by atoms with van der Waals surface area (Å²) in [5.74, 6) is 1.99. The van der Waals surface area contributed by atoms with Crippen LogP contribution in [0.3, 0.4) is 0 Å². The lowest BCUT2D eigenvalue weighted by atomic mass is 9.61. The largest absolute Gasteiger partial charge is 0.394 e. The summed E-state index contributed by atoms with van der Waals surface area (Å²) in [7, 11) is -1.91. The summed E-state index contributed by atoms with van der Waals surface area (Å²) in [4.78, 5) is 16.3. The zero-order valence-corrected chi connectivity index (χ0v) is 30.6. The molecule has 4 atom stereocenters. The molecule has 47 heavy (non-hydrogen) atoms. The summed E-state index contributed by atoms with van der Waals surface area (Å²) < 4.78 is 23.8. The number of carbonyl (C=O) groups is 1. The topological polar surface area (TPSA) is 49.8 Å². The van der Waals surface area contributed by atoms with E-state index in [2.05, 4.69) is 59.6 Å². The van der Waals surface area contributed by atoms with Crippen molar-refractivity contribution in [3.63, 3.8) is 0 Å². The lowest BCUT2D eigenvalue weighted by Crippen LogP contribution is -2.57. The first-order chi connectivity index (χ1) is 22.3. The second kappa shape index (κ2) is 13.5. The maximum Gasteiger partial charge on any atom is 0.233 e. The van der Waals surface area contributed by atoms with E-state index in [4.69, 9.17) is 16.3 Å². The van der Waals surface area contributed by atoms with Gasteiger partial charge in [0.1, 0.15) is 19.3 Å². The number of likely N-dealkylation sites (tertiary alicyclic amines) is 1. The molecule has 1 saturated heterocycles. The fraction of sp³-hybridized carbons (Fsp3) is 0.475. The van der Waals surface area contributed by atoms with Gasteiger partial charge in [-0.15, -0.1) is 5.54 Å². The first kappa shape index (κ1) is 35.4. The highest BCUT2D eigenvalue weighted by atomic mass is 35.5. The van der Waals surface area contributed by atoms with Gasteiger partial charge in [0.15, 0.2) is 5.72 Å². The van der Waals surface area contributed by atoms with Crippen molar-refractivity contribution in [1.29, 1.82) is 0 Å². The first-order valence-corrected chi connectivity index (χ1v) is 19.6. The molecule has 0 radical (unpaired) electrons. The lowest BCUT2D eigenvalue weighted by molar-refractivity contribution is -0.232. The second-order valence-corrected chi connectivity index (χ2v) is 20.6. The number of rotatable bonds is 11. The third-order valence-electron chi connectivity index (χ3n) is 11.0. The molecule has 0 aromatic heterocycles. The molecule has 0 bridgehead atoms. The maximum atomic E-state index is 16.8. The van der Waals surface area contributed by atoms with E-state index in [-0.39, 0.29) is 25.0 Å². The number of aliphatic hydroxyl groups excluding tert-OH is 1. The zero-order valence-electron chi connectivity index (χ0n) is 28.8. The number of fused-ring (bicyclic) bond motifs is 1. The van der Waals surface area contributed by atoms with Gasteiger partial charge in [-0.3, -0.25) is 4.79 Å². The van der Waals surface area contributed by atoms with Gasteiger partial charge in [0, 0.05) is 22.7 Å². The Morgan fingerprint density at radius 2 is 1.66 bits per heavy atom. The third kappa shape index (κ3) is 5.78. The van der Waals surface area contributed by atoms with Crippen LogP contribution in [0.15, 0.2) is 84.7 Å². The molecule has 0 spiro atoms. The molecule has 2 aliphatic carbocycles. The van der Waals surface area contributed by atoms with E-state index >= 15 is 4.39 Å². The van der Waals surface area contributed by atoms with Crippen LogP contribution in [0, 0.1) is 28.7 Å². The summed E-state index contributed by atoms with van der Waals surface area (Å²) >= 11 is 6.35. The van der Waals surface area contributed by atoms with E-state index in [1.165, 1.54) is 6.08 Å². The average Bonchev–Trinajstić information content (AvgIpc) is 3.84. The van der Waals surface area contributed by atoms with Crippen LogP contribution in [0.2, 0.25) is 21.6 Å². The van der Waals surface area contributed by atoms with Crippen molar-refractivity contribution < 1.29 is 19.0 Å². The number of aliphatic hydroxyl groups is 1. The fourth-order valence-electron chi connectivity index (χ4n) is 8.54. The number of nitrogens with zero attached hydrogens (tertiary/aromatic N) is 1. The van der Waals surface area contributed by atoms with Crippen LogP contribution in [-0.2, 0) is 21.8 Å². The van der Waals surface area contributed by atoms with Crippen LogP contribution in [0.4, 0.5) is 4.39 Å². The van der Waals surface area contributed by atoms with E-state index in [1.807, 2.05) is 24.3 Å². The van der Waals surface area contributed by atoms with Crippen molar-refractivity contribution in [2.45, 2.75) is 96.3 Å². The van der Waals surface area contributed by atoms with Crippen molar-refractivity contribution in [1.82, 2.24) is 4.90 Å². The molecule has 7 heteroatoms. The molecule has 5 rings (SSSR count). The van der Waals surface area contributed by atoms with Crippen LogP contribution < -0.4 is 0 Å². The summed E-state index contributed by atoms with van der Waals surface area (Å²) in [6, 6.07) is 15.1. The van der Waals surface area contributed by atoms with E-state index in [9.17, 15) is 9.90 Å². The Morgan fingerprint density at radius 1 is 1.06 bits per heavy atom. The van der Waals surface area contributed by atoms with Gasteiger partial charge in [-0.2, -0.15) is 0 Å². The Bertz CT molecular complexity index is 1590. The molecule has 2 fully saturated rings. The lowest BCUT2D eigenvalue weighted by Gasteiger charge is -2.51. The molecule has 250 valence electrons. The highest BCUT2D eigenvalue weighted by molar-refractivity contribution is 6.90. The Hall–Kier alpha value is -2.95. The van der Waals surface area contributed by atoms with Gasteiger partial charge in [-0.25, -0.2) is 4.39 Å². The summed E-state index contributed by atoms with van der Waals surface area (Å²) in [5, 5.41) is 11.1. The van der Waals surface area contributed by atoms with Crippen molar-refractivity contribution in [2.75, 3.05) is 6.61 Å². The van der Waals surface area contributed by atoms with Crippen molar-refractivity contribution in [2.24, 2.45) is 17.3 Å². The number of carbonyl (C=O) groups excluding carboxylic acids is 1. The highest BCUT2D eigenvalue weighted by Crippen LogP contribution is 2.66.